The third kappa shape index (κ3) is 2.11. The van der Waals surface area contributed by atoms with Crippen LogP contribution in [-0.4, -0.2) is 34.9 Å². The summed E-state index contributed by atoms with van der Waals surface area (Å²) in [6.07, 6.45) is 2.01. The van der Waals surface area contributed by atoms with Gasteiger partial charge < -0.3 is 10.1 Å². The van der Waals surface area contributed by atoms with Gasteiger partial charge in [0.1, 0.15) is 5.69 Å². The zero-order valence-corrected chi connectivity index (χ0v) is 8.06. The van der Waals surface area contributed by atoms with Crippen LogP contribution in [0.4, 0.5) is 0 Å². The second kappa shape index (κ2) is 3.79. The van der Waals surface area contributed by atoms with E-state index >= 15 is 0 Å². The van der Waals surface area contributed by atoms with Crippen LogP contribution in [0.25, 0.3) is 0 Å². The normalized spacial score (nSPS) is 19.4. The van der Waals surface area contributed by atoms with Gasteiger partial charge in [-0.3, -0.25) is 9.48 Å². The lowest BCUT2D eigenvalue weighted by atomic mass is 10.4. The summed E-state index contributed by atoms with van der Waals surface area (Å²) in [5.41, 5.74) is 0.465. The minimum absolute atomic E-state index is 0.132. The highest BCUT2D eigenvalue weighted by Gasteiger charge is 2.23. The molecule has 14 heavy (non-hydrogen) atoms. The summed E-state index contributed by atoms with van der Waals surface area (Å²) in [5.74, 6) is -0.132. The van der Waals surface area contributed by atoms with Crippen molar-refractivity contribution in [2.45, 2.75) is 19.6 Å². The average Bonchev–Trinajstić information content (AvgIpc) is 2.90. The molecular weight excluding hydrogens is 182 g/mol. The van der Waals surface area contributed by atoms with E-state index in [9.17, 15) is 4.79 Å². The third-order valence-electron chi connectivity index (χ3n) is 2.09. The van der Waals surface area contributed by atoms with Crippen molar-refractivity contribution in [3.05, 3.63) is 18.0 Å². The van der Waals surface area contributed by atoms with Crippen LogP contribution in [0.3, 0.4) is 0 Å². The van der Waals surface area contributed by atoms with Crippen LogP contribution in [0, 0.1) is 0 Å². The first-order chi connectivity index (χ1) is 6.79. The Balaban J connectivity index is 1.88. The Bertz CT molecular complexity index is 331. The minimum Gasteiger partial charge on any atom is -0.371 e. The zero-order valence-electron chi connectivity index (χ0n) is 8.06. The van der Waals surface area contributed by atoms with Gasteiger partial charge in [0.25, 0.3) is 5.91 Å². The SMILES string of the molecule is CCn1ccc(C(=O)NCC2CO2)n1. The quantitative estimate of drug-likeness (QED) is 0.690. The molecule has 1 atom stereocenters. The lowest BCUT2D eigenvalue weighted by Crippen LogP contribution is -2.27. The Hall–Kier alpha value is -1.36. The number of epoxide rings is 1. The van der Waals surface area contributed by atoms with Gasteiger partial charge in [-0.2, -0.15) is 5.10 Å². The molecule has 76 valence electrons. The molecule has 0 aromatic carbocycles. The van der Waals surface area contributed by atoms with Crippen LogP contribution in [0.5, 0.6) is 0 Å². The summed E-state index contributed by atoms with van der Waals surface area (Å²) < 4.78 is 6.71. The van der Waals surface area contributed by atoms with Gasteiger partial charge in [-0.15, -0.1) is 0 Å². The van der Waals surface area contributed by atoms with E-state index in [0.717, 1.165) is 13.2 Å². The Labute approximate surface area is 82.0 Å². The Morgan fingerprint density at radius 2 is 2.64 bits per heavy atom. The smallest absolute Gasteiger partial charge is 0.271 e. The van der Waals surface area contributed by atoms with E-state index in [-0.39, 0.29) is 12.0 Å². The van der Waals surface area contributed by atoms with Gasteiger partial charge in [-0.1, -0.05) is 0 Å². The molecule has 5 heteroatoms. The van der Waals surface area contributed by atoms with Crippen LogP contribution in [0.1, 0.15) is 17.4 Å². The van der Waals surface area contributed by atoms with Gasteiger partial charge in [0.15, 0.2) is 0 Å². The lowest BCUT2D eigenvalue weighted by molar-refractivity contribution is 0.0944. The second-order valence-corrected chi connectivity index (χ2v) is 3.22. The molecule has 1 fully saturated rings. The maximum atomic E-state index is 11.5. The topological polar surface area (TPSA) is 59.5 Å². The van der Waals surface area contributed by atoms with E-state index < -0.39 is 0 Å². The number of nitrogens with one attached hydrogen (secondary N) is 1. The lowest BCUT2D eigenvalue weighted by Gasteiger charge is -1.99. The summed E-state index contributed by atoms with van der Waals surface area (Å²) in [6.45, 7) is 4.09. The molecule has 0 radical (unpaired) electrons. The number of aromatic nitrogens is 2. The fourth-order valence-corrected chi connectivity index (χ4v) is 1.14. The fourth-order valence-electron chi connectivity index (χ4n) is 1.14. The number of hydrogen-bond acceptors (Lipinski definition) is 3. The molecule has 1 N–H and O–H groups in total. The van der Waals surface area contributed by atoms with Gasteiger partial charge in [0, 0.05) is 19.3 Å². The van der Waals surface area contributed by atoms with Crippen molar-refractivity contribution in [3.8, 4) is 0 Å². The van der Waals surface area contributed by atoms with E-state index in [0.29, 0.717) is 12.2 Å². The molecule has 1 amide bonds. The van der Waals surface area contributed by atoms with Crippen molar-refractivity contribution in [1.82, 2.24) is 15.1 Å². The maximum absolute atomic E-state index is 11.5. The molecule has 2 heterocycles. The van der Waals surface area contributed by atoms with Crippen LogP contribution >= 0.6 is 0 Å². The molecular formula is C9H13N3O2. The van der Waals surface area contributed by atoms with Crippen molar-refractivity contribution in [3.63, 3.8) is 0 Å². The summed E-state index contributed by atoms with van der Waals surface area (Å²) in [5, 5.41) is 6.85. The van der Waals surface area contributed by atoms with Crippen LogP contribution < -0.4 is 5.32 Å². The molecule has 0 aliphatic carbocycles. The fraction of sp³-hybridized carbons (Fsp3) is 0.556. The van der Waals surface area contributed by atoms with E-state index in [1.165, 1.54) is 0 Å². The number of amides is 1. The third-order valence-corrected chi connectivity index (χ3v) is 2.09. The van der Waals surface area contributed by atoms with Crippen molar-refractivity contribution < 1.29 is 9.53 Å². The molecule has 2 rings (SSSR count). The van der Waals surface area contributed by atoms with E-state index in [1.54, 1.807) is 16.9 Å². The molecule has 1 unspecified atom stereocenters. The van der Waals surface area contributed by atoms with Gasteiger partial charge >= 0.3 is 0 Å². The number of hydrogen-bond donors (Lipinski definition) is 1. The highest BCUT2D eigenvalue weighted by Crippen LogP contribution is 2.06. The van der Waals surface area contributed by atoms with E-state index in [1.807, 2.05) is 6.92 Å². The highest BCUT2D eigenvalue weighted by atomic mass is 16.6. The summed E-state index contributed by atoms with van der Waals surface area (Å²) in [7, 11) is 0. The Morgan fingerprint density at radius 3 is 3.21 bits per heavy atom. The molecule has 0 bridgehead atoms. The minimum atomic E-state index is -0.132. The predicted molar refractivity (Wildman–Crippen MR) is 50.0 cm³/mol. The average molecular weight is 195 g/mol. The Morgan fingerprint density at radius 1 is 1.86 bits per heavy atom. The highest BCUT2D eigenvalue weighted by molar-refractivity contribution is 5.92. The summed E-state index contributed by atoms with van der Waals surface area (Å²) in [6, 6.07) is 1.71. The monoisotopic (exact) mass is 195 g/mol. The van der Waals surface area contributed by atoms with Crippen LogP contribution in [0.15, 0.2) is 12.3 Å². The van der Waals surface area contributed by atoms with Crippen molar-refractivity contribution >= 4 is 5.91 Å². The molecule has 1 aromatic heterocycles. The number of carbonyl (C=O) groups is 1. The number of ether oxygens (including phenoxy) is 1. The maximum Gasteiger partial charge on any atom is 0.271 e. The largest absolute Gasteiger partial charge is 0.371 e. The van der Waals surface area contributed by atoms with Gasteiger partial charge in [0.05, 0.1) is 12.7 Å². The first kappa shape index (κ1) is 9.21. The first-order valence-electron chi connectivity index (χ1n) is 4.73. The molecule has 0 saturated carbocycles. The van der Waals surface area contributed by atoms with E-state index in [4.69, 9.17) is 4.74 Å². The van der Waals surface area contributed by atoms with E-state index in [2.05, 4.69) is 10.4 Å². The summed E-state index contributed by atoms with van der Waals surface area (Å²) >= 11 is 0. The van der Waals surface area contributed by atoms with Gasteiger partial charge in [-0.05, 0) is 13.0 Å². The molecule has 1 aliphatic heterocycles. The number of rotatable bonds is 4. The number of nitrogens with zero attached hydrogens (tertiary/aromatic N) is 2. The zero-order chi connectivity index (χ0) is 9.97. The molecule has 1 aromatic rings. The second-order valence-electron chi connectivity index (χ2n) is 3.22. The standard InChI is InChI=1S/C9H13N3O2/c1-2-12-4-3-8(11-12)9(13)10-5-7-6-14-7/h3-4,7H,2,5-6H2,1H3,(H,10,13). The molecule has 1 aliphatic rings. The number of carbonyl (C=O) groups excluding carboxylic acids is 1. The van der Waals surface area contributed by atoms with Gasteiger partial charge in [0.2, 0.25) is 0 Å². The Kier molecular flexibility index (Phi) is 2.49. The molecule has 1 saturated heterocycles. The van der Waals surface area contributed by atoms with Crippen molar-refractivity contribution in [2.24, 2.45) is 0 Å². The van der Waals surface area contributed by atoms with Crippen molar-refractivity contribution in [1.29, 1.82) is 0 Å². The molecule has 0 spiro atoms. The molecule has 5 nitrogen and oxygen atoms in total. The number of aryl methyl sites for hydroxylation is 1. The first-order valence-corrected chi connectivity index (χ1v) is 4.73. The van der Waals surface area contributed by atoms with Gasteiger partial charge in [-0.25, -0.2) is 0 Å². The predicted octanol–water partition coefficient (Wildman–Crippen LogP) is 0.0316. The summed E-state index contributed by atoms with van der Waals surface area (Å²) in [4.78, 5) is 11.5. The van der Waals surface area contributed by atoms with Crippen LogP contribution in [0.2, 0.25) is 0 Å². The van der Waals surface area contributed by atoms with Crippen molar-refractivity contribution in [2.75, 3.05) is 13.2 Å². The van der Waals surface area contributed by atoms with Crippen LogP contribution in [-0.2, 0) is 11.3 Å².